The molecule has 1 aromatic rings. The first-order valence-electron chi connectivity index (χ1n) is 14.4. The van der Waals surface area contributed by atoms with Gasteiger partial charge in [0, 0.05) is 15.3 Å². The van der Waals surface area contributed by atoms with Gasteiger partial charge < -0.3 is 47.3 Å². The Morgan fingerprint density at radius 2 is 1.40 bits per heavy atom. The van der Waals surface area contributed by atoms with E-state index in [-0.39, 0.29) is 21.1 Å². The molecular weight excluding hydrogens is 617 g/mol. The van der Waals surface area contributed by atoms with Gasteiger partial charge in [-0.25, -0.2) is 23.2 Å². The highest BCUT2D eigenvalue weighted by molar-refractivity contribution is 7.48. The molecule has 1 aliphatic carbocycles. The number of rotatable bonds is 16. The van der Waals surface area contributed by atoms with Crippen molar-refractivity contribution in [1.82, 2.24) is 4.90 Å². The number of ether oxygens (including phenoxy) is 8. The minimum atomic E-state index is -4.20. The molecule has 260 valence electrons. The summed E-state index contributed by atoms with van der Waals surface area (Å²) in [6.45, 7) is 5.54. The first-order valence-corrected chi connectivity index (χ1v) is 15.9. The lowest BCUT2D eigenvalue weighted by Crippen LogP contribution is -2.31. The van der Waals surface area contributed by atoms with E-state index in [9.17, 15) is 14.2 Å². The van der Waals surface area contributed by atoms with Gasteiger partial charge >= 0.3 is 20.1 Å². The Morgan fingerprint density at radius 1 is 0.889 bits per heavy atom. The average molecular weight is 668 g/mol. The molecular formula is C29H50NO14P. The highest BCUT2D eigenvalue weighted by Crippen LogP contribution is 2.53. The number of likely N-dealkylation sites (tertiary alicyclic amines) is 1. The minimum absolute atomic E-state index is 0. The minimum Gasteiger partial charge on any atom is -0.493 e. The molecule has 1 saturated heterocycles. The molecule has 1 fully saturated rings. The number of benzene rings is 1. The molecule has 15 nitrogen and oxygen atoms in total. The van der Waals surface area contributed by atoms with Crippen LogP contribution >= 0.6 is 7.82 Å². The van der Waals surface area contributed by atoms with Gasteiger partial charge in [-0.1, -0.05) is 12.1 Å². The van der Waals surface area contributed by atoms with Crippen molar-refractivity contribution in [2.45, 2.75) is 65.2 Å². The van der Waals surface area contributed by atoms with Crippen LogP contribution in [0.1, 0.15) is 49.8 Å². The Morgan fingerprint density at radius 3 is 1.87 bits per heavy atom. The molecule has 0 aromatic heterocycles. The third-order valence-electron chi connectivity index (χ3n) is 6.31. The highest BCUT2D eigenvalue weighted by Gasteiger charge is 2.38. The number of hydrogen-bond acceptors (Lipinski definition) is 15. The molecule has 45 heavy (non-hydrogen) atoms. The van der Waals surface area contributed by atoms with Gasteiger partial charge in [0.05, 0.1) is 26.4 Å². The van der Waals surface area contributed by atoms with E-state index in [1.54, 1.807) is 41.9 Å². The van der Waals surface area contributed by atoms with E-state index >= 15 is 0 Å². The molecule has 0 bridgehead atoms. The van der Waals surface area contributed by atoms with Crippen LogP contribution in [0.5, 0.6) is 11.5 Å². The number of methoxy groups -OCH3 is 2. The van der Waals surface area contributed by atoms with E-state index < -0.39 is 47.3 Å². The van der Waals surface area contributed by atoms with E-state index in [1.165, 1.54) is 0 Å². The summed E-state index contributed by atoms with van der Waals surface area (Å²) in [4.78, 5) is 25.0. The van der Waals surface area contributed by atoms with E-state index in [1.807, 2.05) is 37.4 Å². The molecule has 0 N–H and O–H groups in total. The summed E-state index contributed by atoms with van der Waals surface area (Å²) >= 11 is 0. The van der Waals surface area contributed by atoms with Crippen LogP contribution in [-0.2, 0) is 46.6 Å². The van der Waals surface area contributed by atoms with E-state index in [2.05, 4.69) is 4.90 Å². The second-order valence-corrected chi connectivity index (χ2v) is 12.0. The van der Waals surface area contributed by atoms with Gasteiger partial charge in [-0.15, -0.1) is 0 Å². The van der Waals surface area contributed by atoms with Crippen molar-refractivity contribution >= 4 is 20.1 Å². The quantitative estimate of drug-likeness (QED) is 0.0834. The predicted molar refractivity (Wildman–Crippen MR) is 164 cm³/mol. The van der Waals surface area contributed by atoms with Gasteiger partial charge in [0.2, 0.25) is 0 Å². The molecule has 1 aromatic carbocycles. The van der Waals surface area contributed by atoms with Crippen LogP contribution in [0, 0.1) is 5.92 Å². The number of phosphoric acid groups is 1. The monoisotopic (exact) mass is 667 g/mol. The van der Waals surface area contributed by atoms with Crippen molar-refractivity contribution in [3.63, 3.8) is 0 Å². The number of carbonyl (C=O) groups excluding carboxylic acids is 2. The topological polar surface area (TPSA) is 156 Å². The lowest BCUT2D eigenvalue weighted by molar-refractivity contribution is -0.114. The maximum Gasteiger partial charge on any atom is 0.534 e. The van der Waals surface area contributed by atoms with Gasteiger partial charge in [0.1, 0.15) is 5.76 Å². The first-order chi connectivity index (χ1) is 21.5. The van der Waals surface area contributed by atoms with Gasteiger partial charge in [0.15, 0.2) is 38.7 Å². The van der Waals surface area contributed by atoms with Crippen LogP contribution in [0.25, 0.3) is 0 Å². The van der Waals surface area contributed by atoms with Crippen molar-refractivity contribution in [1.29, 1.82) is 0 Å². The molecule has 16 heteroatoms. The van der Waals surface area contributed by atoms with Crippen molar-refractivity contribution in [3.8, 4) is 11.5 Å². The summed E-state index contributed by atoms with van der Waals surface area (Å²) in [5.74, 6) is 2.53. The number of allylic oxidation sites excluding steroid dienone is 1. The van der Waals surface area contributed by atoms with Crippen LogP contribution < -0.4 is 9.47 Å². The van der Waals surface area contributed by atoms with Crippen LogP contribution in [0.2, 0.25) is 0 Å². The molecule has 0 spiro atoms. The lowest BCUT2D eigenvalue weighted by atomic mass is 9.89. The van der Waals surface area contributed by atoms with E-state index in [4.69, 9.17) is 51.5 Å². The smallest absolute Gasteiger partial charge is 0.493 e. The fourth-order valence-electron chi connectivity index (χ4n) is 4.26. The zero-order valence-electron chi connectivity index (χ0n) is 27.0. The second-order valence-electron chi connectivity index (χ2n) is 10.4. The standard InChI is InChI=1S/C21H36NO12P.C8H10O2.2H2/c1-15(2)32-20(23)28-11-26-13-30-35(25,31-14-27-12-29-21(24)33-16(3)4)34-18-7-6-17-8-9-22(5)19(17)10-18;1-9-7-5-3-4-6-8(7)10-2;;/h7,15-17,19H,6,8-14H2,1-5H3;3-6H,1-2H3;2*1H. The second kappa shape index (κ2) is 20.1. The van der Waals surface area contributed by atoms with Gasteiger partial charge in [-0.2, -0.15) is 0 Å². The van der Waals surface area contributed by atoms with Crippen molar-refractivity contribution < 1.29 is 68.5 Å². The zero-order valence-corrected chi connectivity index (χ0v) is 27.9. The summed E-state index contributed by atoms with van der Waals surface area (Å²) in [6, 6.07) is 7.80. The summed E-state index contributed by atoms with van der Waals surface area (Å²) in [7, 11) is 1.09. The summed E-state index contributed by atoms with van der Waals surface area (Å²) in [5, 5.41) is 0. The summed E-state index contributed by atoms with van der Waals surface area (Å²) in [6.07, 6.45) is 1.78. The van der Waals surface area contributed by atoms with Crippen LogP contribution in [0.3, 0.4) is 0 Å². The number of para-hydroxylation sites is 2. The number of nitrogens with zero attached hydrogens (tertiary/aromatic N) is 1. The molecule has 0 saturated carbocycles. The highest BCUT2D eigenvalue weighted by atomic mass is 31.2. The molecule has 2 atom stereocenters. The van der Waals surface area contributed by atoms with Crippen molar-refractivity contribution in [3.05, 3.63) is 36.1 Å². The van der Waals surface area contributed by atoms with Crippen LogP contribution in [0.4, 0.5) is 9.59 Å². The number of phosphoric ester groups is 1. The zero-order chi connectivity index (χ0) is 33.2. The first kappa shape index (κ1) is 38.1. The van der Waals surface area contributed by atoms with Crippen LogP contribution in [0.15, 0.2) is 36.1 Å². The SMILES string of the molecule is CC(C)OC(=O)OCOCOP(=O)(OCOCOC(=O)OC(C)C)OC1=CCC2CCN(C)C2C1.COc1ccccc1OC.[HH].[HH]. The number of hydrogen-bond donors (Lipinski definition) is 0. The number of fused-ring (bicyclic) bond motifs is 1. The Balaban J connectivity index is 0.00000150. The molecule has 1 aliphatic heterocycles. The number of carbonyl (C=O) groups is 2. The van der Waals surface area contributed by atoms with Crippen molar-refractivity contribution in [2.24, 2.45) is 5.92 Å². The fourth-order valence-corrected chi connectivity index (χ4v) is 5.28. The fraction of sp³-hybridized carbons (Fsp3) is 0.655. The van der Waals surface area contributed by atoms with Crippen LogP contribution in [-0.4, -0.2) is 90.4 Å². The Labute approximate surface area is 267 Å². The maximum atomic E-state index is 13.2. The van der Waals surface area contributed by atoms with Crippen molar-refractivity contribution in [2.75, 3.05) is 55.0 Å². The lowest BCUT2D eigenvalue weighted by Gasteiger charge is -2.30. The Kier molecular flexibility index (Phi) is 17.1. The van der Waals surface area contributed by atoms with E-state index in [0.717, 1.165) is 30.9 Å². The molecule has 2 unspecified atom stereocenters. The third-order valence-corrected chi connectivity index (χ3v) is 7.61. The molecule has 3 rings (SSSR count). The Hall–Kier alpha value is -3.07. The molecule has 0 amide bonds. The molecule has 1 heterocycles. The summed E-state index contributed by atoms with van der Waals surface area (Å²) < 4.78 is 68.3. The van der Waals surface area contributed by atoms with Gasteiger partial charge in [0.25, 0.3) is 0 Å². The largest absolute Gasteiger partial charge is 0.534 e. The predicted octanol–water partition coefficient (Wildman–Crippen LogP) is 6.32. The summed E-state index contributed by atoms with van der Waals surface area (Å²) in [5.41, 5.74) is 0. The maximum absolute atomic E-state index is 13.2. The average Bonchev–Trinajstić information content (AvgIpc) is 3.36. The molecule has 0 radical (unpaired) electrons. The normalized spacial score (nSPS) is 17.8. The third kappa shape index (κ3) is 14.7. The van der Waals surface area contributed by atoms with Gasteiger partial charge in [-0.3, -0.25) is 0 Å². The molecule has 2 aliphatic rings. The Bertz CT molecular complexity index is 1070. The van der Waals surface area contributed by atoms with Gasteiger partial charge in [-0.05, 0) is 78.3 Å². The van der Waals surface area contributed by atoms with E-state index in [0.29, 0.717) is 18.1 Å².